The number of carboxylic acids is 1. The van der Waals surface area contributed by atoms with Crippen LogP contribution in [0.15, 0.2) is 24.4 Å². The van der Waals surface area contributed by atoms with Crippen LogP contribution < -0.4 is 5.32 Å². The molecule has 2 N–H and O–H groups in total. The maximum atomic E-state index is 11.7. The zero-order valence-corrected chi connectivity index (χ0v) is 10.3. The van der Waals surface area contributed by atoms with Crippen LogP contribution in [-0.2, 0) is 0 Å². The third-order valence-electron chi connectivity index (χ3n) is 2.06. The largest absolute Gasteiger partial charge is 0.478 e. The van der Waals surface area contributed by atoms with Gasteiger partial charge in [-0.1, -0.05) is 11.6 Å². The second-order valence-electron chi connectivity index (χ2n) is 3.25. The predicted octanol–water partition coefficient (Wildman–Crippen LogP) is 2.14. The number of hydrogen-bond acceptors (Lipinski definition) is 5. The number of halogens is 1. The number of aromatic nitrogens is 2. The van der Waals surface area contributed by atoms with Gasteiger partial charge in [0.25, 0.3) is 5.91 Å². The Balaban J connectivity index is 2.20. The first kappa shape index (κ1) is 12.5. The van der Waals surface area contributed by atoms with Crippen LogP contribution in [0.3, 0.4) is 0 Å². The summed E-state index contributed by atoms with van der Waals surface area (Å²) in [5, 5.41) is 11.4. The number of benzene rings is 1. The molecular formula is C10H6ClN3O3S. The quantitative estimate of drug-likeness (QED) is 0.900. The van der Waals surface area contributed by atoms with Crippen molar-refractivity contribution in [2.75, 3.05) is 5.32 Å². The maximum absolute atomic E-state index is 11.7. The first-order chi connectivity index (χ1) is 8.58. The summed E-state index contributed by atoms with van der Waals surface area (Å²) < 4.78 is 7.47. The molecule has 2 rings (SSSR count). The number of anilines is 1. The fourth-order valence-electron chi connectivity index (χ4n) is 1.20. The van der Waals surface area contributed by atoms with Crippen molar-refractivity contribution in [1.29, 1.82) is 0 Å². The summed E-state index contributed by atoms with van der Waals surface area (Å²) >= 11 is 6.78. The number of nitrogens with zero attached hydrogens (tertiary/aromatic N) is 2. The molecule has 0 spiro atoms. The van der Waals surface area contributed by atoms with Crippen molar-refractivity contribution >= 4 is 40.9 Å². The molecule has 92 valence electrons. The van der Waals surface area contributed by atoms with Crippen molar-refractivity contribution in [3.63, 3.8) is 0 Å². The van der Waals surface area contributed by atoms with Gasteiger partial charge >= 0.3 is 5.97 Å². The Morgan fingerprint density at radius 1 is 1.39 bits per heavy atom. The lowest BCUT2D eigenvalue weighted by Gasteiger charge is -2.06. The Hall–Kier alpha value is -1.99. The average molecular weight is 284 g/mol. The smallest absolute Gasteiger partial charge is 0.335 e. The van der Waals surface area contributed by atoms with Crippen molar-refractivity contribution in [3.8, 4) is 0 Å². The van der Waals surface area contributed by atoms with Crippen LogP contribution in [-0.4, -0.2) is 25.7 Å². The van der Waals surface area contributed by atoms with E-state index in [-0.39, 0.29) is 16.3 Å². The molecule has 0 atom stereocenters. The molecule has 8 heteroatoms. The topological polar surface area (TPSA) is 92.2 Å². The Morgan fingerprint density at radius 3 is 2.72 bits per heavy atom. The van der Waals surface area contributed by atoms with Crippen molar-refractivity contribution in [3.05, 3.63) is 40.7 Å². The van der Waals surface area contributed by atoms with E-state index in [1.54, 1.807) is 0 Å². The second kappa shape index (κ2) is 5.11. The standard InChI is InChI=1S/C10H6ClN3O3S/c11-6-3-5(10(16)17)1-2-7(6)13-9(15)8-4-12-18-14-8/h1-4H,(H,13,15)(H,16,17). The Labute approximate surface area is 111 Å². The molecule has 0 aliphatic carbocycles. The third kappa shape index (κ3) is 2.63. The molecule has 1 heterocycles. The highest BCUT2D eigenvalue weighted by atomic mass is 35.5. The lowest BCUT2D eigenvalue weighted by molar-refractivity contribution is 0.0696. The summed E-state index contributed by atoms with van der Waals surface area (Å²) in [6.45, 7) is 0. The summed E-state index contributed by atoms with van der Waals surface area (Å²) in [5.41, 5.74) is 0.548. The van der Waals surface area contributed by atoms with Gasteiger partial charge in [-0.2, -0.15) is 8.75 Å². The number of hydrogen-bond donors (Lipinski definition) is 2. The van der Waals surface area contributed by atoms with E-state index in [0.717, 1.165) is 11.7 Å². The fraction of sp³-hybridized carbons (Fsp3) is 0. The van der Waals surface area contributed by atoms with Gasteiger partial charge < -0.3 is 10.4 Å². The minimum atomic E-state index is -1.08. The van der Waals surface area contributed by atoms with Gasteiger partial charge in [-0.05, 0) is 18.2 Å². The van der Waals surface area contributed by atoms with E-state index in [9.17, 15) is 9.59 Å². The van der Waals surface area contributed by atoms with Crippen molar-refractivity contribution < 1.29 is 14.7 Å². The van der Waals surface area contributed by atoms with Gasteiger partial charge in [0.05, 0.1) is 34.2 Å². The van der Waals surface area contributed by atoms with Gasteiger partial charge in [-0.15, -0.1) is 0 Å². The second-order valence-corrected chi connectivity index (χ2v) is 4.21. The highest BCUT2D eigenvalue weighted by Crippen LogP contribution is 2.23. The van der Waals surface area contributed by atoms with E-state index in [1.807, 2.05) is 0 Å². The number of amides is 1. The molecule has 0 saturated carbocycles. The molecule has 1 aromatic carbocycles. The summed E-state index contributed by atoms with van der Waals surface area (Å²) in [6, 6.07) is 4.03. The molecule has 1 amide bonds. The van der Waals surface area contributed by atoms with E-state index in [1.165, 1.54) is 24.4 Å². The number of carbonyl (C=O) groups excluding carboxylic acids is 1. The zero-order chi connectivity index (χ0) is 13.1. The lowest BCUT2D eigenvalue weighted by atomic mass is 10.2. The number of rotatable bonds is 3. The first-order valence-corrected chi connectivity index (χ1v) is 5.80. The zero-order valence-electron chi connectivity index (χ0n) is 8.75. The number of aromatic carboxylic acids is 1. The Morgan fingerprint density at radius 2 is 2.17 bits per heavy atom. The van der Waals surface area contributed by atoms with Crippen LogP contribution in [0.1, 0.15) is 20.8 Å². The van der Waals surface area contributed by atoms with E-state index in [2.05, 4.69) is 14.1 Å². The molecule has 18 heavy (non-hydrogen) atoms. The molecule has 0 radical (unpaired) electrons. The fourth-order valence-corrected chi connectivity index (χ4v) is 1.84. The summed E-state index contributed by atoms with van der Waals surface area (Å²) in [4.78, 5) is 22.4. The predicted molar refractivity (Wildman–Crippen MR) is 66.3 cm³/mol. The molecule has 2 aromatic rings. The molecule has 6 nitrogen and oxygen atoms in total. The third-order valence-corrected chi connectivity index (χ3v) is 2.85. The molecular weight excluding hydrogens is 278 g/mol. The van der Waals surface area contributed by atoms with Crippen LogP contribution in [0.5, 0.6) is 0 Å². The van der Waals surface area contributed by atoms with Gasteiger partial charge in [0, 0.05) is 0 Å². The Kier molecular flexibility index (Phi) is 3.54. The van der Waals surface area contributed by atoms with Gasteiger partial charge in [0.15, 0.2) is 5.69 Å². The summed E-state index contributed by atoms with van der Waals surface area (Å²) in [7, 11) is 0. The van der Waals surface area contributed by atoms with Gasteiger partial charge in [-0.25, -0.2) is 4.79 Å². The molecule has 0 unspecified atom stereocenters. The average Bonchev–Trinajstić information content (AvgIpc) is 2.85. The lowest BCUT2D eigenvalue weighted by Crippen LogP contribution is -2.12. The molecule has 0 saturated heterocycles. The molecule has 0 aliphatic rings. The van der Waals surface area contributed by atoms with E-state index in [0.29, 0.717) is 5.69 Å². The molecule has 0 bridgehead atoms. The highest BCUT2D eigenvalue weighted by Gasteiger charge is 2.12. The van der Waals surface area contributed by atoms with Crippen molar-refractivity contribution in [1.82, 2.24) is 8.75 Å². The molecule has 1 aromatic heterocycles. The van der Waals surface area contributed by atoms with Crippen LogP contribution in [0.2, 0.25) is 5.02 Å². The normalized spacial score (nSPS) is 10.1. The number of carbonyl (C=O) groups is 2. The summed E-state index contributed by atoms with van der Waals surface area (Å²) in [6.07, 6.45) is 1.33. The number of carboxylic acid groups (broad SMARTS) is 1. The van der Waals surface area contributed by atoms with Crippen LogP contribution in [0.4, 0.5) is 5.69 Å². The van der Waals surface area contributed by atoms with Gasteiger partial charge in [0.1, 0.15) is 0 Å². The van der Waals surface area contributed by atoms with E-state index < -0.39 is 11.9 Å². The van der Waals surface area contributed by atoms with E-state index in [4.69, 9.17) is 16.7 Å². The van der Waals surface area contributed by atoms with E-state index >= 15 is 0 Å². The number of nitrogens with one attached hydrogen (secondary N) is 1. The SMILES string of the molecule is O=C(O)c1ccc(NC(=O)c2cnsn2)c(Cl)c1. The van der Waals surface area contributed by atoms with Gasteiger partial charge in [0.2, 0.25) is 0 Å². The monoisotopic (exact) mass is 283 g/mol. The van der Waals surface area contributed by atoms with Crippen LogP contribution in [0.25, 0.3) is 0 Å². The Bertz CT molecular complexity index is 600. The van der Waals surface area contributed by atoms with Crippen molar-refractivity contribution in [2.24, 2.45) is 0 Å². The van der Waals surface area contributed by atoms with Crippen LogP contribution >= 0.6 is 23.3 Å². The molecule has 0 aliphatic heterocycles. The molecule has 0 fully saturated rings. The van der Waals surface area contributed by atoms with Gasteiger partial charge in [-0.3, -0.25) is 4.79 Å². The maximum Gasteiger partial charge on any atom is 0.335 e. The minimum Gasteiger partial charge on any atom is -0.478 e. The minimum absolute atomic E-state index is 0.0494. The summed E-state index contributed by atoms with van der Waals surface area (Å²) in [5.74, 6) is -1.53. The highest BCUT2D eigenvalue weighted by molar-refractivity contribution is 6.99. The van der Waals surface area contributed by atoms with Crippen LogP contribution in [0, 0.1) is 0 Å². The first-order valence-electron chi connectivity index (χ1n) is 4.69. The van der Waals surface area contributed by atoms with Crippen molar-refractivity contribution in [2.45, 2.75) is 0 Å².